The van der Waals surface area contributed by atoms with Crippen LogP contribution in [0.5, 0.6) is 5.75 Å². The molecule has 8 nitrogen and oxygen atoms in total. The van der Waals surface area contributed by atoms with Crippen LogP contribution < -0.4 is 10.1 Å². The summed E-state index contributed by atoms with van der Waals surface area (Å²) in [5, 5.41) is 13.2. The van der Waals surface area contributed by atoms with Crippen LogP contribution in [0.1, 0.15) is 40.2 Å². The topological polar surface area (TPSA) is 100 Å². The van der Waals surface area contributed by atoms with Crippen molar-refractivity contribution in [3.8, 4) is 11.8 Å². The van der Waals surface area contributed by atoms with E-state index in [0.717, 1.165) is 27.6 Å². The number of hydrogen-bond acceptors (Lipinski definition) is 6. The van der Waals surface area contributed by atoms with Gasteiger partial charge in [0, 0.05) is 43.2 Å². The molecule has 0 aliphatic carbocycles. The molecule has 0 unspecified atom stereocenters. The number of anilines is 1. The Morgan fingerprint density at radius 1 is 1.29 bits per heavy atom. The average Bonchev–Trinajstić information content (AvgIpc) is 3.42. The van der Waals surface area contributed by atoms with Crippen LogP contribution in [0, 0.1) is 18.3 Å². The molecular weight excluding hydrogens is 450 g/mol. The van der Waals surface area contributed by atoms with Crippen molar-refractivity contribution in [2.45, 2.75) is 45.7 Å². The van der Waals surface area contributed by atoms with Crippen LogP contribution in [-0.4, -0.2) is 39.9 Å². The molecule has 2 aromatic heterocycles. The standard InChI is InChI=1S/C25H27N5O3S/c1-17-27-11-14-29(17)13-10-24(32)30-12-9-19-20(15-26)25(34-22(19)16-30)28-23(31)8-7-18-5-3-4-6-21(18)33-2/h3-6,11,14H,7-10,12-13,16H2,1-2H3,(H,28,31). The Morgan fingerprint density at radius 3 is 2.85 bits per heavy atom. The number of imidazole rings is 1. The SMILES string of the molecule is COc1ccccc1CCC(=O)Nc1sc2c(c1C#N)CCN(C(=O)CCn1ccnc1C)C2. The summed E-state index contributed by atoms with van der Waals surface area (Å²) >= 11 is 1.40. The molecular formula is C25H27N5O3S. The fourth-order valence-electron chi connectivity index (χ4n) is 4.18. The number of carbonyl (C=O) groups is 2. The first-order valence-electron chi connectivity index (χ1n) is 11.2. The minimum atomic E-state index is -0.148. The minimum absolute atomic E-state index is 0.0769. The maximum absolute atomic E-state index is 12.8. The lowest BCUT2D eigenvalue weighted by atomic mass is 10.0. The normalized spacial score (nSPS) is 12.7. The van der Waals surface area contributed by atoms with E-state index < -0.39 is 0 Å². The molecule has 9 heteroatoms. The quantitative estimate of drug-likeness (QED) is 0.533. The number of nitrogens with one attached hydrogen (secondary N) is 1. The Balaban J connectivity index is 1.38. The number of fused-ring (bicyclic) bond motifs is 1. The Morgan fingerprint density at radius 2 is 2.12 bits per heavy atom. The molecule has 1 N–H and O–H groups in total. The van der Waals surface area contributed by atoms with Crippen LogP contribution in [0.25, 0.3) is 0 Å². The van der Waals surface area contributed by atoms with Crippen LogP contribution in [0.2, 0.25) is 0 Å². The first-order chi connectivity index (χ1) is 16.5. The molecule has 176 valence electrons. The number of hydrogen-bond donors (Lipinski definition) is 1. The van der Waals surface area contributed by atoms with Gasteiger partial charge in [0.05, 0.1) is 19.2 Å². The number of aryl methyl sites for hydroxylation is 3. The lowest BCUT2D eigenvalue weighted by molar-refractivity contribution is -0.132. The Kier molecular flexibility index (Phi) is 7.28. The lowest BCUT2D eigenvalue weighted by Crippen LogP contribution is -2.35. The van der Waals surface area contributed by atoms with Gasteiger partial charge in [0.25, 0.3) is 0 Å². The number of amides is 2. The Labute approximate surface area is 202 Å². The van der Waals surface area contributed by atoms with Gasteiger partial charge in [-0.1, -0.05) is 18.2 Å². The molecule has 2 amide bonds. The number of benzene rings is 1. The van der Waals surface area contributed by atoms with Crippen LogP contribution in [0.15, 0.2) is 36.7 Å². The first kappa shape index (κ1) is 23.5. The van der Waals surface area contributed by atoms with Crippen LogP contribution >= 0.6 is 11.3 Å². The molecule has 1 aliphatic heterocycles. The number of methoxy groups -OCH3 is 1. The summed E-state index contributed by atoms with van der Waals surface area (Å²) in [4.78, 5) is 32.4. The predicted molar refractivity (Wildman–Crippen MR) is 130 cm³/mol. The Bertz CT molecular complexity index is 1240. The molecule has 0 atom stereocenters. The Hall–Kier alpha value is -3.64. The number of aromatic nitrogens is 2. The molecule has 0 saturated heterocycles. The van der Waals surface area contributed by atoms with Crippen molar-refractivity contribution in [1.29, 1.82) is 5.26 Å². The third kappa shape index (κ3) is 5.13. The second-order valence-corrected chi connectivity index (χ2v) is 9.27. The summed E-state index contributed by atoms with van der Waals surface area (Å²) in [5.41, 5.74) is 2.43. The molecule has 3 aromatic rings. The molecule has 1 aromatic carbocycles. The second kappa shape index (κ2) is 10.5. The smallest absolute Gasteiger partial charge is 0.225 e. The molecule has 0 saturated carbocycles. The van der Waals surface area contributed by atoms with Gasteiger partial charge in [-0.05, 0) is 37.0 Å². The third-order valence-corrected chi connectivity index (χ3v) is 7.21. The van der Waals surface area contributed by atoms with E-state index >= 15 is 0 Å². The van der Waals surface area contributed by atoms with Crippen LogP contribution in [0.4, 0.5) is 5.00 Å². The van der Waals surface area contributed by atoms with E-state index in [9.17, 15) is 14.9 Å². The molecule has 0 fully saturated rings. The van der Waals surface area contributed by atoms with Gasteiger partial charge in [0.15, 0.2) is 0 Å². The summed E-state index contributed by atoms with van der Waals surface area (Å²) in [6.07, 6.45) is 5.44. The van der Waals surface area contributed by atoms with E-state index in [4.69, 9.17) is 4.74 Å². The van der Waals surface area contributed by atoms with E-state index in [2.05, 4.69) is 16.4 Å². The molecule has 0 spiro atoms. The van der Waals surface area contributed by atoms with E-state index in [-0.39, 0.29) is 18.2 Å². The number of para-hydroxylation sites is 1. The van der Waals surface area contributed by atoms with Crippen molar-refractivity contribution < 1.29 is 14.3 Å². The minimum Gasteiger partial charge on any atom is -0.496 e. The number of ether oxygens (including phenoxy) is 1. The largest absolute Gasteiger partial charge is 0.496 e. The van der Waals surface area contributed by atoms with E-state index in [1.165, 1.54) is 11.3 Å². The fraction of sp³-hybridized carbons (Fsp3) is 0.360. The highest BCUT2D eigenvalue weighted by Gasteiger charge is 2.27. The van der Waals surface area contributed by atoms with E-state index in [1.807, 2.05) is 46.9 Å². The fourth-order valence-corrected chi connectivity index (χ4v) is 5.41. The number of thiophene rings is 1. The number of nitrogens with zero attached hydrogens (tertiary/aromatic N) is 4. The first-order valence-corrected chi connectivity index (χ1v) is 12.0. The van der Waals surface area contributed by atoms with Gasteiger partial charge in [-0.25, -0.2) is 4.98 Å². The van der Waals surface area contributed by atoms with Gasteiger partial charge in [0.2, 0.25) is 11.8 Å². The summed E-state index contributed by atoms with van der Waals surface area (Å²) in [6, 6.07) is 9.88. The zero-order valence-electron chi connectivity index (χ0n) is 19.3. The second-order valence-electron chi connectivity index (χ2n) is 8.16. The average molecular weight is 478 g/mol. The van der Waals surface area contributed by atoms with Crippen molar-refractivity contribution in [1.82, 2.24) is 14.5 Å². The number of carbonyl (C=O) groups excluding carboxylic acids is 2. The van der Waals surface area contributed by atoms with Crippen LogP contribution in [-0.2, 0) is 35.5 Å². The van der Waals surface area contributed by atoms with Crippen molar-refractivity contribution in [3.05, 3.63) is 64.1 Å². The lowest BCUT2D eigenvalue weighted by Gasteiger charge is -2.27. The number of rotatable bonds is 8. The highest BCUT2D eigenvalue weighted by atomic mass is 32.1. The van der Waals surface area contributed by atoms with Gasteiger partial charge in [-0.3, -0.25) is 9.59 Å². The van der Waals surface area contributed by atoms with Gasteiger partial charge in [0.1, 0.15) is 22.6 Å². The number of nitriles is 1. The van der Waals surface area contributed by atoms with Gasteiger partial charge >= 0.3 is 0 Å². The molecule has 0 bridgehead atoms. The third-order valence-electron chi connectivity index (χ3n) is 6.08. The van der Waals surface area contributed by atoms with Crippen molar-refractivity contribution in [2.75, 3.05) is 19.0 Å². The molecule has 34 heavy (non-hydrogen) atoms. The summed E-state index contributed by atoms with van der Waals surface area (Å²) in [7, 11) is 1.61. The molecule has 4 rings (SSSR count). The van der Waals surface area contributed by atoms with Crippen LogP contribution in [0.3, 0.4) is 0 Å². The zero-order chi connectivity index (χ0) is 24.1. The highest BCUT2D eigenvalue weighted by molar-refractivity contribution is 7.16. The van der Waals surface area contributed by atoms with Crippen molar-refractivity contribution >= 4 is 28.2 Å². The van der Waals surface area contributed by atoms with Gasteiger partial charge in [-0.2, -0.15) is 5.26 Å². The summed E-state index contributed by atoms with van der Waals surface area (Å²) < 4.78 is 7.31. The van der Waals surface area contributed by atoms with Crippen molar-refractivity contribution in [2.24, 2.45) is 0 Å². The molecule has 1 aliphatic rings. The summed E-state index contributed by atoms with van der Waals surface area (Å²) in [5.74, 6) is 1.57. The van der Waals surface area contributed by atoms with E-state index in [0.29, 0.717) is 49.5 Å². The monoisotopic (exact) mass is 477 g/mol. The maximum Gasteiger partial charge on any atom is 0.225 e. The van der Waals surface area contributed by atoms with Gasteiger partial charge in [-0.15, -0.1) is 11.3 Å². The van der Waals surface area contributed by atoms with Crippen molar-refractivity contribution in [3.63, 3.8) is 0 Å². The highest BCUT2D eigenvalue weighted by Crippen LogP contribution is 2.37. The van der Waals surface area contributed by atoms with E-state index in [1.54, 1.807) is 13.3 Å². The predicted octanol–water partition coefficient (Wildman–Crippen LogP) is 3.68. The van der Waals surface area contributed by atoms with Gasteiger partial charge < -0.3 is 19.5 Å². The summed E-state index contributed by atoms with van der Waals surface area (Å²) in [6.45, 7) is 3.54. The molecule has 3 heterocycles. The zero-order valence-corrected chi connectivity index (χ0v) is 20.2. The molecule has 0 radical (unpaired) electrons. The maximum atomic E-state index is 12.8.